The maximum atomic E-state index is 13.9. The molecule has 36 heavy (non-hydrogen) atoms. The molecule has 3 aliphatic heterocycles. The van der Waals surface area contributed by atoms with Crippen LogP contribution in [0.4, 0.5) is 17.6 Å². The lowest BCUT2D eigenvalue weighted by molar-refractivity contribution is -0.192. The summed E-state index contributed by atoms with van der Waals surface area (Å²) >= 11 is 0. The van der Waals surface area contributed by atoms with Crippen LogP contribution in [-0.2, 0) is 9.59 Å². The topological polar surface area (TPSA) is 90.0 Å². The third-order valence-corrected chi connectivity index (χ3v) is 7.69. The molecule has 0 aromatic heterocycles. The molecule has 0 saturated carbocycles. The first-order valence-corrected chi connectivity index (χ1v) is 12.2. The number of likely N-dealkylation sites (tertiary alicyclic amines) is 2. The fraction of sp³-hybridized carbons (Fsp3) is 0.640. The summed E-state index contributed by atoms with van der Waals surface area (Å²) in [5, 5.41) is 10.4. The highest BCUT2D eigenvalue weighted by molar-refractivity contribution is 5.94. The Morgan fingerprint density at radius 2 is 1.83 bits per heavy atom. The van der Waals surface area contributed by atoms with Crippen LogP contribution < -0.4 is 5.32 Å². The van der Waals surface area contributed by atoms with Crippen molar-refractivity contribution in [1.82, 2.24) is 15.1 Å². The van der Waals surface area contributed by atoms with Crippen LogP contribution in [0.2, 0.25) is 0 Å². The zero-order valence-electron chi connectivity index (χ0n) is 20.7. The molecule has 2 amide bonds. The van der Waals surface area contributed by atoms with Gasteiger partial charge in [0.25, 0.3) is 5.91 Å². The van der Waals surface area contributed by atoms with Crippen molar-refractivity contribution in [3.8, 4) is 0 Å². The smallest absolute Gasteiger partial charge is 0.475 e. The lowest BCUT2D eigenvalue weighted by atomic mass is 9.75. The molecule has 4 rings (SSSR count). The van der Waals surface area contributed by atoms with Gasteiger partial charge in [0.05, 0.1) is 5.92 Å². The van der Waals surface area contributed by atoms with Gasteiger partial charge < -0.3 is 20.2 Å². The van der Waals surface area contributed by atoms with Gasteiger partial charge in [-0.1, -0.05) is 26.3 Å². The van der Waals surface area contributed by atoms with Gasteiger partial charge >= 0.3 is 12.1 Å². The lowest BCUT2D eigenvalue weighted by Gasteiger charge is -2.43. The highest BCUT2D eigenvalue weighted by Crippen LogP contribution is 2.44. The van der Waals surface area contributed by atoms with E-state index in [1.165, 1.54) is 6.07 Å². The molecule has 2 N–H and O–H groups in total. The Bertz CT molecular complexity index is 992. The number of carbonyl (C=O) groups excluding carboxylic acids is 2. The van der Waals surface area contributed by atoms with Gasteiger partial charge in [0.1, 0.15) is 5.82 Å². The predicted molar refractivity (Wildman–Crippen MR) is 124 cm³/mol. The number of alkyl halides is 3. The lowest BCUT2D eigenvalue weighted by Crippen LogP contribution is -2.56. The zero-order valence-corrected chi connectivity index (χ0v) is 20.7. The molecule has 0 radical (unpaired) electrons. The maximum absolute atomic E-state index is 13.9. The van der Waals surface area contributed by atoms with Crippen molar-refractivity contribution in [1.29, 1.82) is 0 Å². The first-order valence-electron chi connectivity index (χ1n) is 12.2. The largest absolute Gasteiger partial charge is 0.490 e. The summed E-state index contributed by atoms with van der Waals surface area (Å²) in [6.45, 7) is 10.2. The van der Waals surface area contributed by atoms with Crippen molar-refractivity contribution in [3.05, 3.63) is 35.1 Å². The second kappa shape index (κ2) is 10.7. The van der Waals surface area contributed by atoms with Crippen molar-refractivity contribution >= 4 is 17.8 Å². The number of amides is 2. The molecule has 3 heterocycles. The molecule has 3 fully saturated rings. The number of carbonyl (C=O) groups is 3. The third-order valence-electron chi connectivity index (χ3n) is 7.69. The fourth-order valence-electron chi connectivity index (χ4n) is 5.37. The van der Waals surface area contributed by atoms with Gasteiger partial charge in [-0.2, -0.15) is 13.2 Å². The quantitative estimate of drug-likeness (QED) is 0.600. The van der Waals surface area contributed by atoms with Crippen molar-refractivity contribution in [2.75, 3.05) is 32.7 Å². The SMILES string of the molecule is CCC(C)CN1C[C@H]2C(=O)NC3(CCN(C(=O)c4ccc(C)c(F)c4)CC3)[C@H]2C1.O=C(O)C(F)(F)F. The highest BCUT2D eigenvalue weighted by Gasteiger charge is 2.57. The summed E-state index contributed by atoms with van der Waals surface area (Å²) < 4.78 is 45.6. The second-order valence-corrected chi connectivity index (χ2v) is 10.1. The van der Waals surface area contributed by atoms with Gasteiger partial charge in [-0.3, -0.25) is 9.59 Å². The Kier molecular flexibility index (Phi) is 8.32. The molecule has 200 valence electrons. The molecule has 3 saturated heterocycles. The van der Waals surface area contributed by atoms with Gasteiger partial charge in [0.15, 0.2) is 0 Å². The van der Waals surface area contributed by atoms with Gasteiger partial charge in [-0.15, -0.1) is 0 Å². The number of aryl methyl sites for hydroxylation is 1. The summed E-state index contributed by atoms with van der Waals surface area (Å²) in [7, 11) is 0. The standard InChI is InChI=1S/C23H32FN3O2.C2HF3O2/c1-4-15(2)12-26-13-18-19(14-26)23(25-21(18)28)7-9-27(10-8-23)22(29)17-6-5-16(3)20(24)11-17;3-2(4,5)1(6)7/h5-6,11,15,18-19H,4,7-10,12-14H2,1-3H3,(H,25,28);(H,6,7)/t15?,18-,19+;/m1./s1. The average Bonchev–Trinajstić information content (AvgIpc) is 3.34. The summed E-state index contributed by atoms with van der Waals surface area (Å²) in [4.78, 5) is 38.7. The van der Waals surface area contributed by atoms with Gasteiger partial charge in [-0.05, 0) is 43.4 Å². The minimum Gasteiger partial charge on any atom is -0.475 e. The molecular formula is C25H33F4N3O4. The van der Waals surface area contributed by atoms with E-state index >= 15 is 0 Å². The summed E-state index contributed by atoms with van der Waals surface area (Å²) in [6, 6.07) is 4.68. The Hall–Kier alpha value is -2.69. The van der Waals surface area contributed by atoms with E-state index in [0.29, 0.717) is 36.1 Å². The average molecular weight is 516 g/mol. The number of carboxylic acids is 1. The van der Waals surface area contributed by atoms with Crippen LogP contribution in [0.25, 0.3) is 0 Å². The van der Waals surface area contributed by atoms with E-state index in [2.05, 4.69) is 24.1 Å². The van der Waals surface area contributed by atoms with E-state index in [4.69, 9.17) is 9.90 Å². The van der Waals surface area contributed by atoms with E-state index in [0.717, 1.165) is 38.9 Å². The third kappa shape index (κ3) is 5.99. The molecule has 1 unspecified atom stereocenters. The van der Waals surface area contributed by atoms with Crippen LogP contribution in [0.5, 0.6) is 0 Å². The summed E-state index contributed by atoms with van der Waals surface area (Å²) in [5.74, 6) is -2.00. The number of rotatable bonds is 4. The van der Waals surface area contributed by atoms with Crippen molar-refractivity contribution in [2.24, 2.45) is 17.8 Å². The molecule has 3 aliphatic rings. The molecule has 1 aromatic carbocycles. The Labute approximate surface area is 207 Å². The van der Waals surface area contributed by atoms with Crippen LogP contribution in [0.3, 0.4) is 0 Å². The second-order valence-electron chi connectivity index (χ2n) is 10.1. The van der Waals surface area contributed by atoms with Crippen molar-refractivity contribution in [3.63, 3.8) is 0 Å². The van der Waals surface area contributed by atoms with Crippen molar-refractivity contribution < 1.29 is 37.1 Å². The number of hydrogen-bond donors (Lipinski definition) is 2. The minimum atomic E-state index is -5.08. The maximum Gasteiger partial charge on any atom is 0.490 e. The predicted octanol–water partition coefficient (Wildman–Crippen LogP) is 3.47. The van der Waals surface area contributed by atoms with Crippen LogP contribution in [0.15, 0.2) is 18.2 Å². The number of halogens is 4. The number of benzene rings is 1. The number of fused-ring (bicyclic) bond motifs is 2. The van der Waals surface area contributed by atoms with E-state index in [1.807, 2.05) is 0 Å². The van der Waals surface area contributed by atoms with Gasteiger partial charge in [-0.25, -0.2) is 9.18 Å². The van der Waals surface area contributed by atoms with Gasteiger partial charge in [0, 0.05) is 49.7 Å². The van der Waals surface area contributed by atoms with E-state index in [9.17, 15) is 27.2 Å². The normalized spacial score (nSPS) is 24.1. The highest BCUT2D eigenvalue weighted by atomic mass is 19.4. The van der Waals surface area contributed by atoms with Gasteiger partial charge in [0.2, 0.25) is 5.91 Å². The van der Waals surface area contributed by atoms with Crippen molar-refractivity contribution in [2.45, 2.75) is 51.7 Å². The molecular weight excluding hydrogens is 482 g/mol. The first kappa shape index (κ1) is 27.9. The van der Waals surface area contributed by atoms with E-state index < -0.39 is 12.1 Å². The summed E-state index contributed by atoms with van der Waals surface area (Å²) in [5.41, 5.74) is 0.751. The number of hydrogen-bond acceptors (Lipinski definition) is 4. The first-order chi connectivity index (χ1) is 16.8. The Morgan fingerprint density at radius 3 is 2.36 bits per heavy atom. The number of nitrogens with one attached hydrogen (secondary N) is 1. The number of piperidine rings is 1. The summed E-state index contributed by atoms with van der Waals surface area (Å²) in [6.07, 6.45) is -2.38. The van der Waals surface area contributed by atoms with Crippen LogP contribution >= 0.6 is 0 Å². The van der Waals surface area contributed by atoms with E-state index in [1.54, 1.807) is 24.0 Å². The Balaban J connectivity index is 0.000000454. The molecule has 1 spiro atoms. The number of aliphatic carboxylic acids is 1. The van der Waals surface area contributed by atoms with E-state index in [-0.39, 0.29) is 29.1 Å². The molecule has 7 nitrogen and oxygen atoms in total. The monoisotopic (exact) mass is 515 g/mol. The van der Waals surface area contributed by atoms with Crippen LogP contribution in [0, 0.1) is 30.5 Å². The Morgan fingerprint density at radius 1 is 1.22 bits per heavy atom. The molecule has 11 heteroatoms. The van der Waals surface area contributed by atoms with Crippen LogP contribution in [-0.4, -0.2) is 77.1 Å². The molecule has 0 bridgehead atoms. The fourth-order valence-corrected chi connectivity index (χ4v) is 5.37. The molecule has 3 atom stereocenters. The number of carboxylic acid groups (broad SMARTS) is 1. The van der Waals surface area contributed by atoms with Crippen LogP contribution in [0.1, 0.15) is 49.0 Å². The molecule has 1 aromatic rings. The number of nitrogens with zero attached hydrogens (tertiary/aromatic N) is 2. The molecule has 0 aliphatic carbocycles. The minimum absolute atomic E-state index is 0.0764. The zero-order chi connectivity index (χ0) is 26.8.